The van der Waals surface area contributed by atoms with Gasteiger partial charge in [-0.2, -0.15) is 4.31 Å². The number of rotatable bonds is 5. The zero-order chi connectivity index (χ0) is 21.1. The number of pyridine rings is 2. The first-order valence-corrected chi connectivity index (χ1v) is 11.2. The molecule has 1 N–H and O–H groups in total. The third-order valence-corrected chi connectivity index (χ3v) is 7.08. The number of piperazine rings is 1. The Kier molecular flexibility index (Phi) is 5.76. The normalized spacial score (nSPS) is 18.4. The van der Waals surface area contributed by atoms with Crippen molar-refractivity contribution in [1.82, 2.24) is 19.2 Å². The van der Waals surface area contributed by atoms with E-state index in [2.05, 4.69) is 15.3 Å². The van der Waals surface area contributed by atoms with Gasteiger partial charge in [0, 0.05) is 43.5 Å². The van der Waals surface area contributed by atoms with E-state index in [9.17, 15) is 13.2 Å². The minimum absolute atomic E-state index is 0.0487. The second kappa shape index (κ2) is 8.47. The fourth-order valence-corrected chi connectivity index (χ4v) is 5.29. The molecule has 0 saturated carbocycles. The highest BCUT2D eigenvalue weighted by Gasteiger charge is 2.34. The molecule has 9 heteroatoms. The smallest absolute Gasteiger partial charge is 0.260 e. The highest BCUT2D eigenvalue weighted by molar-refractivity contribution is 7.89. The molecule has 1 amide bonds. The lowest BCUT2D eigenvalue weighted by atomic mass is 10.2. The van der Waals surface area contributed by atoms with Crippen LogP contribution in [0.3, 0.4) is 0 Å². The third kappa shape index (κ3) is 4.18. The SMILES string of the molecule is CC1CN(CC(=O)Nc2cccc3ncccc23)CCN1S(=O)(=O)c1ccccn1. The third-order valence-electron chi connectivity index (χ3n) is 5.15. The lowest BCUT2D eigenvalue weighted by molar-refractivity contribution is -0.117. The summed E-state index contributed by atoms with van der Waals surface area (Å²) in [5.74, 6) is -0.139. The molecule has 3 aromatic rings. The number of nitrogens with zero attached hydrogens (tertiary/aromatic N) is 4. The molecule has 0 bridgehead atoms. The van der Waals surface area contributed by atoms with E-state index in [1.54, 1.807) is 18.3 Å². The number of carbonyl (C=O) groups excluding carboxylic acids is 1. The maximum Gasteiger partial charge on any atom is 0.260 e. The molecular formula is C21H23N5O3S. The number of amides is 1. The summed E-state index contributed by atoms with van der Waals surface area (Å²) < 4.78 is 27.2. The average Bonchev–Trinajstić information content (AvgIpc) is 2.74. The van der Waals surface area contributed by atoms with Crippen LogP contribution in [-0.4, -0.2) is 65.7 Å². The van der Waals surface area contributed by atoms with Crippen molar-refractivity contribution in [2.24, 2.45) is 0 Å². The fourth-order valence-electron chi connectivity index (χ4n) is 3.74. The summed E-state index contributed by atoms with van der Waals surface area (Å²) in [4.78, 5) is 22.9. The minimum Gasteiger partial charge on any atom is -0.324 e. The van der Waals surface area contributed by atoms with Gasteiger partial charge in [-0.15, -0.1) is 0 Å². The van der Waals surface area contributed by atoms with Crippen LogP contribution in [0.2, 0.25) is 0 Å². The predicted molar refractivity (Wildman–Crippen MR) is 114 cm³/mol. The maximum atomic E-state index is 12.9. The highest BCUT2D eigenvalue weighted by atomic mass is 32.2. The molecule has 156 valence electrons. The topological polar surface area (TPSA) is 95.5 Å². The predicted octanol–water partition coefficient (Wildman–Crippen LogP) is 1.96. The molecule has 0 spiro atoms. The van der Waals surface area contributed by atoms with Crippen molar-refractivity contribution < 1.29 is 13.2 Å². The molecule has 1 fully saturated rings. The van der Waals surface area contributed by atoms with Crippen molar-refractivity contribution in [2.75, 3.05) is 31.5 Å². The Morgan fingerprint density at radius 1 is 1.07 bits per heavy atom. The van der Waals surface area contributed by atoms with Crippen LogP contribution in [-0.2, 0) is 14.8 Å². The standard InChI is InChI=1S/C21H23N5O3S/c1-16-14-25(12-13-26(16)30(28,29)21-9-2-3-10-23-21)15-20(27)24-19-8-4-7-18-17(19)6-5-11-22-18/h2-11,16H,12-15H2,1H3,(H,24,27). The van der Waals surface area contributed by atoms with Crippen molar-refractivity contribution >= 4 is 32.5 Å². The minimum atomic E-state index is -3.65. The number of fused-ring (bicyclic) bond motifs is 1. The second-order valence-electron chi connectivity index (χ2n) is 7.29. The summed E-state index contributed by atoms with van der Waals surface area (Å²) in [6, 6.07) is 13.9. The maximum absolute atomic E-state index is 12.9. The molecule has 1 aliphatic heterocycles. The Morgan fingerprint density at radius 2 is 1.90 bits per heavy atom. The highest BCUT2D eigenvalue weighted by Crippen LogP contribution is 2.22. The molecular weight excluding hydrogens is 402 g/mol. The number of hydrogen-bond acceptors (Lipinski definition) is 6. The lowest BCUT2D eigenvalue weighted by Gasteiger charge is -2.38. The van der Waals surface area contributed by atoms with Gasteiger partial charge < -0.3 is 5.32 Å². The van der Waals surface area contributed by atoms with Gasteiger partial charge in [0.2, 0.25) is 5.91 Å². The van der Waals surface area contributed by atoms with Crippen LogP contribution >= 0.6 is 0 Å². The van der Waals surface area contributed by atoms with Crippen LogP contribution in [0.4, 0.5) is 5.69 Å². The Morgan fingerprint density at radius 3 is 2.67 bits per heavy atom. The molecule has 3 heterocycles. The van der Waals surface area contributed by atoms with Gasteiger partial charge in [0.05, 0.1) is 17.7 Å². The summed E-state index contributed by atoms with van der Waals surface area (Å²) in [7, 11) is -3.65. The molecule has 0 radical (unpaired) electrons. The zero-order valence-electron chi connectivity index (χ0n) is 16.6. The van der Waals surface area contributed by atoms with Crippen molar-refractivity contribution in [3.05, 3.63) is 60.9 Å². The van der Waals surface area contributed by atoms with Crippen molar-refractivity contribution in [3.63, 3.8) is 0 Å². The van der Waals surface area contributed by atoms with Crippen LogP contribution in [0.25, 0.3) is 10.9 Å². The molecule has 8 nitrogen and oxygen atoms in total. The first-order valence-electron chi connectivity index (χ1n) is 9.74. The van der Waals surface area contributed by atoms with Crippen LogP contribution < -0.4 is 5.32 Å². The zero-order valence-corrected chi connectivity index (χ0v) is 17.4. The molecule has 30 heavy (non-hydrogen) atoms. The monoisotopic (exact) mass is 425 g/mol. The van der Waals surface area contributed by atoms with E-state index in [0.29, 0.717) is 19.6 Å². The van der Waals surface area contributed by atoms with E-state index < -0.39 is 10.0 Å². The molecule has 0 aliphatic carbocycles. The van der Waals surface area contributed by atoms with E-state index in [-0.39, 0.29) is 23.5 Å². The van der Waals surface area contributed by atoms with E-state index in [0.717, 1.165) is 16.6 Å². The number of anilines is 1. The molecule has 1 unspecified atom stereocenters. The Labute approximate surface area is 175 Å². The van der Waals surface area contributed by atoms with Gasteiger partial charge in [0.15, 0.2) is 5.03 Å². The molecule has 1 aromatic carbocycles. The molecule has 1 aliphatic rings. The summed E-state index contributed by atoms with van der Waals surface area (Å²) in [6.07, 6.45) is 3.19. The van der Waals surface area contributed by atoms with E-state index in [1.807, 2.05) is 42.2 Å². The average molecular weight is 426 g/mol. The number of nitrogens with one attached hydrogen (secondary N) is 1. The number of aromatic nitrogens is 2. The van der Waals surface area contributed by atoms with Gasteiger partial charge in [0.1, 0.15) is 0 Å². The van der Waals surface area contributed by atoms with Gasteiger partial charge in [-0.25, -0.2) is 13.4 Å². The first-order chi connectivity index (χ1) is 14.4. The second-order valence-corrected chi connectivity index (χ2v) is 9.13. The van der Waals surface area contributed by atoms with Crippen molar-refractivity contribution in [3.8, 4) is 0 Å². The van der Waals surface area contributed by atoms with Crippen molar-refractivity contribution in [1.29, 1.82) is 0 Å². The van der Waals surface area contributed by atoms with Gasteiger partial charge in [-0.1, -0.05) is 12.1 Å². The summed E-state index contributed by atoms with van der Waals surface area (Å²) >= 11 is 0. The van der Waals surface area contributed by atoms with Gasteiger partial charge >= 0.3 is 0 Å². The fraction of sp³-hybridized carbons (Fsp3) is 0.286. The van der Waals surface area contributed by atoms with E-state index in [4.69, 9.17) is 0 Å². The van der Waals surface area contributed by atoms with Crippen molar-refractivity contribution in [2.45, 2.75) is 18.0 Å². The number of hydrogen-bond donors (Lipinski definition) is 1. The van der Waals surface area contributed by atoms with Crippen LogP contribution in [0.5, 0.6) is 0 Å². The van der Waals surface area contributed by atoms with Gasteiger partial charge in [0.25, 0.3) is 10.0 Å². The Hall–Kier alpha value is -2.88. The summed E-state index contributed by atoms with van der Waals surface area (Å²) in [6.45, 7) is 3.29. The molecule has 4 rings (SSSR count). The summed E-state index contributed by atoms with van der Waals surface area (Å²) in [5.41, 5.74) is 1.53. The van der Waals surface area contributed by atoms with E-state index in [1.165, 1.54) is 16.6 Å². The summed E-state index contributed by atoms with van der Waals surface area (Å²) in [5, 5.41) is 3.88. The Balaban J connectivity index is 1.40. The van der Waals surface area contributed by atoms with E-state index >= 15 is 0 Å². The van der Waals surface area contributed by atoms with Gasteiger partial charge in [-0.3, -0.25) is 14.7 Å². The van der Waals surface area contributed by atoms with Crippen LogP contribution in [0.1, 0.15) is 6.92 Å². The molecule has 1 atom stereocenters. The Bertz CT molecular complexity index is 1150. The lowest BCUT2D eigenvalue weighted by Crippen LogP contribution is -2.55. The van der Waals surface area contributed by atoms with Crippen LogP contribution in [0, 0.1) is 0 Å². The van der Waals surface area contributed by atoms with Crippen LogP contribution in [0.15, 0.2) is 66.0 Å². The largest absolute Gasteiger partial charge is 0.324 e. The quantitative estimate of drug-likeness (QED) is 0.671. The number of sulfonamides is 1. The van der Waals surface area contributed by atoms with Gasteiger partial charge in [-0.05, 0) is 43.3 Å². The number of carbonyl (C=O) groups is 1. The molecule has 1 saturated heterocycles. The first kappa shape index (κ1) is 20.4. The molecule has 2 aromatic heterocycles. The number of benzene rings is 1.